The maximum absolute atomic E-state index is 14.3. The fourth-order valence-corrected chi connectivity index (χ4v) is 6.13. The van der Waals surface area contributed by atoms with Crippen LogP contribution < -0.4 is 0 Å². The molecule has 2 fully saturated rings. The number of allylic oxidation sites excluding steroid dienone is 5. The van der Waals surface area contributed by atoms with E-state index in [1.54, 1.807) is 19.1 Å². The van der Waals surface area contributed by atoms with E-state index in [-0.39, 0.29) is 5.92 Å². The summed E-state index contributed by atoms with van der Waals surface area (Å²) >= 11 is 0. The molecule has 0 aliphatic heterocycles. The third kappa shape index (κ3) is 5.38. The molecule has 4 rings (SSSR count). The van der Waals surface area contributed by atoms with Crippen molar-refractivity contribution in [3.63, 3.8) is 0 Å². The molecule has 31 heavy (non-hydrogen) atoms. The summed E-state index contributed by atoms with van der Waals surface area (Å²) in [7, 11) is 0. The van der Waals surface area contributed by atoms with Crippen LogP contribution in [-0.4, -0.2) is 0 Å². The van der Waals surface area contributed by atoms with Gasteiger partial charge in [-0.2, -0.15) is 0 Å². The van der Waals surface area contributed by atoms with Gasteiger partial charge < -0.3 is 0 Å². The molecule has 3 aliphatic carbocycles. The number of halogens is 2. The Kier molecular flexibility index (Phi) is 7.46. The maximum Gasteiger partial charge on any atom is 0.162 e. The number of hydrogen-bond acceptors (Lipinski definition) is 0. The van der Waals surface area contributed by atoms with Crippen molar-refractivity contribution in [3.05, 3.63) is 71.9 Å². The molecule has 168 valence electrons. The van der Waals surface area contributed by atoms with Crippen LogP contribution in [0.4, 0.5) is 8.78 Å². The van der Waals surface area contributed by atoms with Crippen LogP contribution in [0.3, 0.4) is 0 Å². The summed E-state index contributed by atoms with van der Waals surface area (Å²) in [4.78, 5) is 0. The molecule has 0 bridgehead atoms. The number of benzene rings is 1. The molecule has 1 aromatic carbocycles. The summed E-state index contributed by atoms with van der Waals surface area (Å²) in [6.07, 6.45) is 23.9. The van der Waals surface area contributed by atoms with Crippen molar-refractivity contribution < 1.29 is 8.78 Å². The molecule has 0 saturated heterocycles. The quantitative estimate of drug-likeness (QED) is 0.415. The largest absolute Gasteiger partial charge is 0.203 e. The number of aryl methyl sites for hydroxylation is 1. The van der Waals surface area contributed by atoms with Crippen LogP contribution in [0, 0.1) is 48.1 Å². The Labute approximate surface area is 187 Å². The van der Waals surface area contributed by atoms with Gasteiger partial charge in [-0.25, -0.2) is 8.78 Å². The lowest BCUT2D eigenvalue weighted by Crippen LogP contribution is -2.22. The van der Waals surface area contributed by atoms with E-state index in [2.05, 4.69) is 37.0 Å². The third-order valence-electron chi connectivity index (χ3n) is 8.34. The van der Waals surface area contributed by atoms with Crippen molar-refractivity contribution in [2.75, 3.05) is 0 Å². The summed E-state index contributed by atoms with van der Waals surface area (Å²) in [5, 5.41) is 0. The minimum absolute atomic E-state index is 0.166. The molecular weight excluding hydrogens is 386 g/mol. The SMILES string of the molecule is C=CC1C=CC(C2CCC(/C=C/C3CCC(c4ccc(C)c(F)c4F)CC3)CC2)CC1. The standard InChI is InChI=1S/C29H38F2/c1-3-21-7-13-24(14-8-21)25-15-9-22(10-16-25)5-6-23-11-17-26(18-12-23)27-19-4-20(2)28(30)29(27)31/h3-7,13,19,21-26H,1,8-12,14-18H2,2H3/b6-5+. The lowest BCUT2D eigenvalue weighted by molar-refractivity contribution is 0.235. The predicted octanol–water partition coefficient (Wildman–Crippen LogP) is 8.68. The third-order valence-corrected chi connectivity index (χ3v) is 8.34. The fourth-order valence-electron chi connectivity index (χ4n) is 6.13. The van der Waals surface area contributed by atoms with Crippen LogP contribution in [0.2, 0.25) is 0 Å². The van der Waals surface area contributed by atoms with Crippen LogP contribution in [-0.2, 0) is 0 Å². The summed E-state index contributed by atoms with van der Waals surface area (Å²) in [5.74, 6) is 2.44. The van der Waals surface area contributed by atoms with Gasteiger partial charge >= 0.3 is 0 Å². The molecule has 2 atom stereocenters. The van der Waals surface area contributed by atoms with E-state index in [9.17, 15) is 8.78 Å². The fraction of sp³-hybridized carbons (Fsp3) is 0.586. The van der Waals surface area contributed by atoms with Crippen LogP contribution in [0.5, 0.6) is 0 Å². The highest BCUT2D eigenvalue weighted by atomic mass is 19.2. The Bertz CT molecular complexity index is 804. The second-order valence-corrected chi connectivity index (χ2v) is 10.3. The van der Waals surface area contributed by atoms with Crippen molar-refractivity contribution in [1.82, 2.24) is 0 Å². The predicted molar refractivity (Wildman–Crippen MR) is 126 cm³/mol. The molecule has 0 aromatic heterocycles. The highest BCUT2D eigenvalue weighted by Crippen LogP contribution is 2.41. The van der Waals surface area contributed by atoms with E-state index >= 15 is 0 Å². The second kappa shape index (κ2) is 10.3. The van der Waals surface area contributed by atoms with Crippen LogP contribution >= 0.6 is 0 Å². The first kappa shape index (κ1) is 22.5. The number of hydrogen-bond donors (Lipinski definition) is 0. The van der Waals surface area contributed by atoms with E-state index in [1.807, 2.05) is 0 Å². The molecule has 2 unspecified atom stereocenters. The zero-order valence-electron chi connectivity index (χ0n) is 19.0. The summed E-state index contributed by atoms with van der Waals surface area (Å²) in [5.41, 5.74) is 0.980. The molecular formula is C29H38F2. The molecule has 0 radical (unpaired) electrons. The summed E-state index contributed by atoms with van der Waals surface area (Å²) < 4.78 is 28.3. The molecule has 1 aromatic rings. The Morgan fingerprint density at radius 3 is 2.00 bits per heavy atom. The first-order valence-electron chi connectivity index (χ1n) is 12.5. The van der Waals surface area contributed by atoms with E-state index in [1.165, 1.54) is 38.5 Å². The van der Waals surface area contributed by atoms with Gasteiger partial charge in [-0.3, -0.25) is 0 Å². The second-order valence-electron chi connectivity index (χ2n) is 10.3. The molecule has 0 amide bonds. The summed E-state index contributed by atoms with van der Waals surface area (Å²) in [6.45, 7) is 5.56. The highest BCUT2D eigenvalue weighted by molar-refractivity contribution is 5.28. The molecule has 3 aliphatic rings. The van der Waals surface area contributed by atoms with Crippen molar-refractivity contribution in [3.8, 4) is 0 Å². The van der Waals surface area contributed by atoms with Crippen molar-refractivity contribution in [2.24, 2.45) is 29.6 Å². The van der Waals surface area contributed by atoms with Gasteiger partial charge in [-0.15, -0.1) is 6.58 Å². The van der Waals surface area contributed by atoms with Crippen molar-refractivity contribution in [2.45, 2.75) is 77.0 Å². The monoisotopic (exact) mass is 424 g/mol. The Morgan fingerprint density at radius 2 is 1.42 bits per heavy atom. The van der Waals surface area contributed by atoms with Gasteiger partial charge in [-0.05, 0) is 118 Å². The lowest BCUT2D eigenvalue weighted by atomic mass is 9.71. The van der Waals surface area contributed by atoms with Crippen molar-refractivity contribution >= 4 is 0 Å². The average Bonchev–Trinajstić information content (AvgIpc) is 2.82. The zero-order chi connectivity index (χ0) is 21.8. The molecule has 0 N–H and O–H groups in total. The Hall–Kier alpha value is -1.70. The lowest BCUT2D eigenvalue weighted by Gasteiger charge is -2.34. The highest BCUT2D eigenvalue weighted by Gasteiger charge is 2.28. The van der Waals surface area contributed by atoms with E-state index in [0.717, 1.165) is 43.4 Å². The van der Waals surface area contributed by atoms with E-state index in [4.69, 9.17) is 0 Å². The average molecular weight is 425 g/mol. The minimum Gasteiger partial charge on any atom is -0.203 e. The van der Waals surface area contributed by atoms with Gasteiger partial charge in [0.15, 0.2) is 11.6 Å². The molecule has 2 saturated carbocycles. The van der Waals surface area contributed by atoms with Gasteiger partial charge in [0.2, 0.25) is 0 Å². The Morgan fingerprint density at radius 1 is 0.774 bits per heavy atom. The molecule has 0 heterocycles. The first-order chi connectivity index (χ1) is 15.0. The normalized spacial score (nSPS) is 34.2. The van der Waals surface area contributed by atoms with E-state index < -0.39 is 11.6 Å². The number of rotatable bonds is 5. The smallest absolute Gasteiger partial charge is 0.162 e. The zero-order valence-corrected chi connectivity index (χ0v) is 19.0. The first-order valence-corrected chi connectivity index (χ1v) is 12.5. The van der Waals surface area contributed by atoms with Gasteiger partial charge in [0.1, 0.15) is 0 Å². The van der Waals surface area contributed by atoms with Crippen LogP contribution in [0.1, 0.15) is 81.3 Å². The van der Waals surface area contributed by atoms with Crippen molar-refractivity contribution in [1.29, 1.82) is 0 Å². The van der Waals surface area contributed by atoms with E-state index in [0.29, 0.717) is 23.0 Å². The molecule has 2 heteroatoms. The van der Waals surface area contributed by atoms with Gasteiger partial charge in [0.25, 0.3) is 0 Å². The van der Waals surface area contributed by atoms with Gasteiger partial charge in [0, 0.05) is 0 Å². The van der Waals surface area contributed by atoms with Crippen LogP contribution in [0.25, 0.3) is 0 Å². The van der Waals surface area contributed by atoms with Crippen LogP contribution in [0.15, 0.2) is 49.1 Å². The van der Waals surface area contributed by atoms with Gasteiger partial charge in [-0.1, -0.05) is 42.5 Å². The molecule has 0 spiro atoms. The maximum atomic E-state index is 14.3. The molecule has 0 nitrogen and oxygen atoms in total. The van der Waals surface area contributed by atoms with Gasteiger partial charge in [0.05, 0.1) is 0 Å². The topological polar surface area (TPSA) is 0 Å². The Balaban J connectivity index is 1.22. The minimum atomic E-state index is -0.667. The summed E-state index contributed by atoms with van der Waals surface area (Å²) in [6, 6.07) is 3.52.